The fraction of sp³-hybridized carbons (Fsp3) is 0.643. The lowest BCUT2D eigenvalue weighted by molar-refractivity contribution is -0.124. The Morgan fingerprint density at radius 3 is 3.00 bits per heavy atom. The molecule has 0 saturated carbocycles. The second kappa shape index (κ2) is 6.73. The number of carbonyl (C=O) groups excluding carboxylic acids is 1. The third-order valence-electron chi connectivity index (χ3n) is 4.00. The van der Waals surface area contributed by atoms with Crippen LogP contribution in [0.4, 0.5) is 0 Å². The number of hydrogen-bond acceptors (Lipinski definition) is 3. The van der Waals surface area contributed by atoms with Crippen LogP contribution in [0.15, 0.2) is 11.4 Å². The van der Waals surface area contributed by atoms with E-state index in [1.54, 1.807) is 0 Å². The van der Waals surface area contributed by atoms with Gasteiger partial charge in [-0.3, -0.25) is 4.79 Å². The maximum Gasteiger partial charge on any atom is 0.237 e. The number of nitrogens with one attached hydrogen (secondary N) is 2. The molecule has 1 aliphatic carbocycles. The summed E-state index contributed by atoms with van der Waals surface area (Å²) in [4.78, 5) is 13.7. The lowest BCUT2D eigenvalue weighted by atomic mass is 9.93. The third kappa shape index (κ3) is 3.30. The lowest BCUT2D eigenvalue weighted by Gasteiger charge is -2.28. The Morgan fingerprint density at radius 2 is 2.21 bits per heavy atom. The van der Waals surface area contributed by atoms with E-state index in [0.717, 1.165) is 19.4 Å². The van der Waals surface area contributed by atoms with Gasteiger partial charge in [0.2, 0.25) is 5.91 Å². The van der Waals surface area contributed by atoms with Crippen molar-refractivity contribution in [2.75, 3.05) is 6.54 Å². The summed E-state index contributed by atoms with van der Waals surface area (Å²) in [6.07, 6.45) is 6.80. The van der Waals surface area contributed by atoms with E-state index in [-0.39, 0.29) is 30.4 Å². The summed E-state index contributed by atoms with van der Waals surface area (Å²) in [5, 5.41) is 8.70. The quantitative estimate of drug-likeness (QED) is 0.882. The molecule has 2 aliphatic rings. The van der Waals surface area contributed by atoms with Gasteiger partial charge in [-0.05, 0) is 55.7 Å². The highest BCUT2D eigenvalue weighted by Gasteiger charge is 2.26. The zero-order valence-electron chi connectivity index (χ0n) is 11.0. The first-order chi connectivity index (χ1) is 8.84. The van der Waals surface area contributed by atoms with E-state index in [1.807, 2.05) is 11.3 Å². The molecule has 2 heterocycles. The maximum absolute atomic E-state index is 12.2. The van der Waals surface area contributed by atoms with Gasteiger partial charge in [0, 0.05) is 4.88 Å². The molecular formula is C14H21ClN2OS. The molecule has 0 radical (unpaired) electrons. The molecule has 3 rings (SSSR count). The van der Waals surface area contributed by atoms with Crippen molar-refractivity contribution in [3.05, 3.63) is 21.9 Å². The van der Waals surface area contributed by atoms with Crippen molar-refractivity contribution in [1.82, 2.24) is 10.6 Å². The summed E-state index contributed by atoms with van der Waals surface area (Å²) >= 11 is 1.82. The summed E-state index contributed by atoms with van der Waals surface area (Å²) in [5.41, 5.74) is 1.36. The van der Waals surface area contributed by atoms with Gasteiger partial charge in [-0.25, -0.2) is 0 Å². The number of thiophene rings is 1. The van der Waals surface area contributed by atoms with Crippen molar-refractivity contribution < 1.29 is 4.79 Å². The molecule has 1 unspecified atom stereocenters. The zero-order chi connectivity index (χ0) is 12.4. The van der Waals surface area contributed by atoms with Crippen molar-refractivity contribution in [3.8, 4) is 0 Å². The van der Waals surface area contributed by atoms with Crippen LogP contribution >= 0.6 is 23.7 Å². The third-order valence-corrected chi connectivity index (χ3v) is 4.99. The molecule has 1 aromatic rings. The fourth-order valence-electron chi connectivity index (χ4n) is 2.98. The molecule has 106 valence electrons. The molecule has 0 bridgehead atoms. The van der Waals surface area contributed by atoms with Crippen LogP contribution in [0.1, 0.15) is 48.6 Å². The topological polar surface area (TPSA) is 41.1 Å². The van der Waals surface area contributed by atoms with Crippen LogP contribution in [0.3, 0.4) is 0 Å². The van der Waals surface area contributed by atoms with Gasteiger partial charge in [0.15, 0.2) is 0 Å². The predicted octanol–water partition coefficient (Wildman–Crippen LogP) is 2.81. The standard InChI is InChI=1S/C14H20N2OS.ClH/c17-14(12-4-1-2-8-15-12)16-11-5-3-6-13-10(11)7-9-18-13;/h7,9,11-12,15H,1-6,8H2,(H,16,17);1H/t11?,12-;/m1./s1. The highest BCUT2D eigenvalue weighted by molar-refractivity contribution is 7.10. The minimum Gasteiger partial charge on any atom is -0.348 e. The molecule has 3 nitrogen and oxygen atoms in total. The van der Waals surface area contributed by atoms with Crippen LogP contribution in [0.25, 0.3) is 0 Å². The average Bonchev–Trinajstić information content (AvgIpc) is 2.89. The van der Waals surface area contributed by atoms with Gasteiger partial charge >= 0.3 is 0 Å². The molecule has 1 aromatic heterocycles. The Bertz CT molecular complexity index is 429. The van der Waals surface area contributed by atoms with E-state index in [4.69, 9.17) is 0 Å². The first-order valence-electron chi connectivity index (χ1n) is 6.94. The Morgan fingerprint density at radius 1 is 1.32 bits per heavy atom. The fourth-order valence-corrected chi connectivity index (χ4v) is 3.97. The molecule has 1 amide bonds. The number of amides is 1. The van der Waals surface area contributed by atoms with Crippen molar-refractivity contribution in [2.24, 2.45) is 0 Å². The van der Waals surface area contributed by atoms with Crippen molar-refractivity contribution in [2.45, 2.75) is 50.6 Å². The van der Waals surface area contributed by atoms with E-state index in [2.05, 4.69) is 22.1 Å². The normalized spacial score (nSPS) is 26.1. The van der Waals surface area contributed by atoms with Crippen molar-refractivity contribution in [3.63, 3.8) is 0 Å². The lowest BCUT2D eigenvalue weighted by Crippen LogP contribution is -2.47. The van der Waals surface area contributed by atoms with Gasteiger partial charge in [0.25, 0.3) is 0 Å². The second-order valence-electron chi connectivity index (χ2n) is 5.26. The monoisotopic (exact) mass is 300 g/mol. The first kappa shape index (κ1) is 14.8. The Balaban J connectivity index is 0.00000133. The molecule has 1 fully saturated rings. The van der Waals surface area contributed by atoms with Gasteiger partial charge in [-0.2, -0.15) is 0 Å². The van der Waals surface area contributed by atoms with Crippen LogP contribution in [-0.4, -0.2) is 18.5 Å². The number of rotatable bonds is 2. The molecule has 0 aromatic carbocycles. The molecule has 1 saturated heterocycles. The summed E-state index contributed by atoms with van der Waals surface area (Å²) in [6, 6.07) is 2.46. The predicted molar refractivity (Wildman–Crippen MR) is 81.0 cm³/mol. The molecule has 19 heavy (non-hydrogen) atoms. The molecular weight excluding hydrogens is 280 g/mol. The number of hydrogen-bond donors (Lipinski definition) is 2. The summed E-state index contributed by atoms with van der Waals surface area (Å²) in [5.74, 6) is 0.193. The van der Waals surface area contributed by atoms with E-state index in [0.29, 0.717) is 0 Å². The first-order valence-corrected chi connectivity index (χ1v) is 7.82. The van der Waals surface area contributed by atoms with Crippen LogP contribution in [0, 0.1) is 0 Å². The van der Waals surface area contributed by atoms with Gasteiger partial charge < -0.3 is 10.6 Å². The van der Waals surface area contributed by atoms with Crippen LogP contribution in [-0.2, 0) is 11.2 Å². The van der Waals surface area contributed by atoms with Gasteiger partial charge in [0.1, 0.15) is 0 Å². The van der Waals surface area contributed by atoms with Crippen LogP contribution in [0.5, 0.6) is 0 Å². The largest absolute Gasteiger partial charge is 0.348 e. The molecule has 2 atom stereocenters. The van der Waals surface area contributed by atoms with Gasteiger partial charge in [-0.15, -0.1) is 23.7 Å². The zero-order valence-corrected chi connectivity index (χ0v) is 12.6. The summed E-state index contributed by atoms with van der Waals surface area (Å²) in [7, 11) is 0. The Labute approximate surface area is 124 Å². The number of piperidine rings is 1. The van der Waals surface area contributed by atoms with Gasteiger partial charge in [-0.1, -0.05) is 6.42 Å². The second-order valence-corrected chi connectivity index (χ2v) is 6.26. The van der Waals surface area contributed by atoms with E-state index >= 15 is 0 Å². The van der Waals surface area contributed by atoms with Crippen LogP contribution < -0.4 is 10.6 Å². The number of carbonyl (C=O) groups is 1. The SMILES string of the molecule is Cl.O=C(NC1CCCc2sccc21)[C@H]1CCCCN1. The highest BCUT2D eigenvalue weighted by Crippen LogP contribution is 2.33. The van der Waals surface area contributed by atoms with Crippen molar-refractivity contribution in [1.29, 1.82) is 0 Å². The molecule has 0 spiro atoms. The van der Waals surface area contributed by atoms with E-state index in [1.165, 1.54) is 36.1 Å². The molecule has 1 aliphatic heterocycles. The van der Waals surface area contributed by atoms with Crippen LogP contribution in [0.2, 0.25) is 0 Å². The minimum atomic E-state index is 0. The Hall–Kier alpha value is -0.580. The van der Waals surface area contributed by atoms with Crippen molar-refractivity contribution >= 4 is 29.7 Å². The average molecular weight is 301 g/mol. The van der Waals surface area contributed by atoms with E-state index < -0.39 is 0 Å². The van der Waals surface area contributed by atoms with E-state index in [9.17, 15) is 4.79 Å². The highest BCUT2D eigenvalue weighted by atomic mass is 35.5. The summed E-state index contributed by atoms with van der Waals surface area (Å²) < 4.78 is 0. The minimum absolute atomic E-state index is 0. The smallest absolute Gasteiger partial charge is 0.237 e. The number of halogens is 1. The summed E-state index contributed by atoms with van der Waals surface area (Å²) in [6.45, 7) is 0.979. The molecule has 2 N–H and O–H groups in total. The number of fused-ring (bicyclic) bond motifs is 1. The number of aryl methyl sites for hydroxylation is 1. The molecule has 5 heteroatoms. The maximum atomic E-state index is 12.2. The van der Waals surface area contributed by atoms with Gasteiger partial charge in [0.05, 0.1) is 12.1 Å². The Kier molecular flexibility index (Phi) is 5.25.